The van der Waals surface area contributed by atoms with Crippen LogP contribution in [0.2, 0.25) is 5.02 Å². The first kappa shape index (κ1) is 34.6. The molecule has 1 saturated heterocycles. The largest absolute Gasteiger partial charge is 0.504 e. The number of benzene rings is 2. The zero-order chi connectivity index (χ0) is 36.4. The van der Waals surface area contributed by atoms with E-state index in [4.69, 9.17) is 21.1 Å². The lowest BCUT2D eigenvalue weighted by Crippen LogP contribution is -2.47. The Morgan fingerprint density at radius 2 is 1.86 bits per heavy atom. The summed E-state index contributed by atoms with van der Waals surface area (Å²) in [4.78, 5) is 46.9. The van der Waals surface area contributed by atoms with Crippen LogP contribution >= 0.6 is 11.6 Å². The van der Waals surface area contributed by atoms with Crippen LogP contribution < -0.4 is 10.9 Å². The molecule has 0 bridgehead atoms. The van der Waals surface area contributed by atoms with E-state index in [1.807, 2.05) is 0 Å². The molecule has 2 N–H and O–H groups in total. The fraction of sp³-hybridized carbons (Fsp3) is 0.364. The summed E-state index contributed by atoms with van der Waals surface area (Å²) in [5.41, 5.74) is -2.57. The monoisotopic (exact) mass is 734 g/mol. The van der Waals surface area contributed by atoms with Crippen molar-refractivity contribution in [1.82, 2.24) is 24.1 Å². The number of carbonyl (C=O) groups is 2. The summed E-state index contributed by atoms with van der Waals surface area (Å²) < 4.78 is 82.5. The molecular weight excluding hydrogens is 707 g/mol. The Hall–Kier alpha value is -4.87. The first-order valence-corrected chi connectivity index (χ1v) is 16.2. The van der Waals surface area contributed by atoms with Gasteiger partial charge < -0.3 is 29.4 Å². The lowest BCUT2D eigenvalue weighted by Gasteiger charge is -2.39. The molecule has 2 aromatic carbocycles. The molecule has 1 spiro atoms. The molecule has 5 heterocycles. The average molecular weight is 735 g/mol. The van der Waals surface area contributed by atoms with Crippen LogP contribution in [0.5, 0.6) is 5.75 Å². The Morgan fingerprint density at radius 1 is 1.14 bits per heavy atom. The first-order valence-electron chi connectivity index (χ1n) is 15.8. The van der Waals surface area contributed by atoms with E-state index in [0.29, 0.717) is 37.5 Å². The van der Waals surface area contributed by atoms with Crippen LogP contribution in [-0.4, -0.2) is 67.3 Å². The van der Waals surface area contributed by atoms with Crippen LogP contribution in [0.25, 0.3) is 11.4 Å². The van der Waals surface area contributed by atoms with Crippen molar-refractivity contribution in [3.05, 3.63) is 91.6 Å². The number of phenolic OH excluding ortho intramolecular Hbond substituents is 1. The highest BCUT2D eigenvalue weighted by atomic mass is 35.5. The van der Waals surface area contributed by atoms with Gasteiger partial charge in [-0.25, -0.2) is 8.78 Å². The number of ether oxygens (including phenoxy) is 2. The van der Waals surface area contributed by atoms with E-state index in [2.05, 4.69) is 15.4 Å². The second kappa shape index (κ2) is 12.7. The van der Waals surface area contributed by atoms with E-state index >= 15 is 0 Å². The second-order valence-electron chi connectivity index (χ2n) is 12.4. The van der Waals surface area contributed by atoms with Crippen molar-refractivity contribution in [2.24, 2.45) is 0 Å². The average Bonchev–Trinajstić information content (AvgIpc) is 3.66. The number of hydrogen-bond acceptors (Lipinski definition) is 8. The van der Waals surface area contributed by atoms with Gasteiger partial charge in [0.1, 0.15) is 23.5 Å². The number of piperidine rings is 1. The van der Waals surface area contributed by atoms with Gasteiger partial charge >= 0.3 is 6.18 Å². The first-order chi connectivity index (χ1) is 24.2. The number of anilines is 1. The number of rotatable bonds is 5. The normalized spacial score (nSPS) is 18.6. The maximum absolute atomic E-state index is 14.5. The quantitative estimate of drug-likeness (QED) is 0.267. The number of phenols is 1. The second-order valence-corrected chi connectivity index (χ2v) is 12.8. The topological polar surface area (TPSA) is 140 Å². The number of nitrogens with one attached hydrogen (secondary N) is 1. The molecule has 0 radical (unpaired) electrons. The molecule has 0 unspecified atom stereocenters. The van der Waals surface area contributed by atoms with Crippen molar-refractivity contribution in [3.8, 4) is 5.75 Å². The summed E-state index contributed by atoms with van der Waals surface area (Å²) in [5, 5.41) is 16.8. The van der Waals surface area contributed by atoms with E-state index in [1.54, 1.807) is 13.0 Å². The van der Waals surface area contributed by atoms with E-state index in [-0.39, 0.29) is 53.8 Å². The summed E-state index contributed by atoms with van der Waals surface area (Å²) in [6.07, 6.45) is -3.13. The molecule has 268 valence electrons. The van der Waals surface area contributed by atoms with Crippen LogP contribution in [0, 0.1) is 11.6 Å². The predicted octanol–water partition coefficient (Wildman–Crippen LogP) is 5.21. The number of hydrogen-bond donors (Lipinski definition) is 2. The number of alkyl halides is 3. The SMILES string of the molecule is C[C@H]1OC2(CCN(C(=O)c3c(F)ccc(F)c3O)CC2)c2c1n(CC(=O)Nc1ccc(C(F)(F)F)cc1Cl)c1nc(C3=CCOCC3)nn1c2=O. The maximum atomic E-state index is 14.5. The van der Waals surface area contributed by atoms with Gasteiger partial charge in [0, 0.05) is 13.1 Å². The van der Waals surface area contributed by atoms with Gasteiger partial charge in [0.15, 0.2) is 17.4 Å². The van der Waals surface area contributed by atoms with Gasteiger partial charge in [0.05, 0.1) is 46.8 Å². The number of carbonyl (C=O) groups excluding carboxylic acids is 2. The fourth-order valence-corrected chi connectivity index (χ4v) is 7.09. The number of aromatic hydroxyl groups is 1. The Kier molecular flexibility index (Phi) is 8.62. The fourth-order valence-electron chi connectivity index (χ4n) is 6.87. The standard InChI is InChI=1S/C33H28ClF5N6O6/c1-16-26-25(32(51-16)8-10-43(11-9-32)29(48)24-20(35)3-4-21(36)27(24)47)30(49)45-31(41-28(42-45)17-6-12-50-13-7-17)44(26)15-23(46)40-22-5-2-18(14-19(22)34)33(37,38)39/h2-6,14,16,47H,7-13,15H2,1H3,(H,40,46)/t16-/m1/s1. The summed E-state index contributed by atoms with van der Waals surface area (Å²) in [6.45, 7) is 1.76. The van der Waals surface area contributed by atoms with E-state index in [9.17, 15) is 41.4 Å². The summed E-state index contributed by atoms with van der Waals surface area (Å²) in [6, 6.07) is 3.95. The lowest BCUT2D eigenvalue weighted by atomic mass is 9.85. The molecule has 7 rings (SSSR count). The molecule has 0 aliphatic carbocycles. The highest BCUT2D eigenvalue weighted by Gasteiger charge is 2.51. The van der Waals surface area contributed by atoms with Gasteiger partial charge in [-0.2, -0.15) is 22.7 Å². The van der Waals surface area contributed by atoms with Crippen molar-refractivity contribution >= 4 is 40.5 Å². The van der Waals surface area contributed by atoms with Crippen LogP contribution in [0.15, 0.2) is 41.2 Å². The Bertz CT molecular complexity index is 2190. The molecule has 0 saturated carbocycles. The molecule has 51 heavy (non-hydrogen) atoms. The van der Waals surface area contributed by atoms with Crippen molar-refractivity contribution < 1.29 is 46.1 Å². The van der Waals surface area contributed by atoms with Crippen molar-refractivity contribution in [2.45, 2.75) is 50.6 Å². The van der Waals surface area contributed by atoms with Gasteiger partial charge in [-0.05, 0) is 62.1 Å². The van der Waals surface area contributed by atoms with Crippen molar-refractivity contribution in [1.29, 1.82) is 0 Å². The minimum atomic E-state index is -4.65. The van der Waals surface area contributed by atoms with Gasteiger partial charge in [0.2, 0.25) is 11.7 Å². The zero-order valence-electron chi connectivity index (χ0n) is 26.7. The predicted molar refractivity (Wildman–Crippen MR) is 170 cm³/mol. The van der Waals surface area contributed by atoms with E-state index < -0.39 is 70.3 Å². The third-order valence-corrected chi connectivity index (χ3v) is 9.61. The number of amides is 2. The minimum Gasteiger partial charge on any atom is -0.504 e. The van der Waals surface area contributed by atoms with Gasteiger partial charge in [0.25, 0.3) is 11.5 Å². The van der Waals surface area contributed by atoms with Crippen molar-refractivity contribution in [2.75, 3.05) is 31.6 Å². The number of nitrogens with zero attached hydrogens (tertiary/aromatic N) is 5. The summed E-state index contributed by atoms with van der Waals surface area (Å²) in [5.74, 6) is -4.77. The van der Waals surface area contributed by atoms with Gasteiger partial charge in [-0.1, -0.05) is 17.7 Å². The number of halogens is 6. The molecule has 1 atom stereocenters. The molecule has 4 aromatic rings. The lowest BCUT2D eigenvalue weighted by molar-refractivity contribution is -0.137. The third-order valence-electron chi connectivity index (χ3n) is 9.30. The van der Waals surface area contributed by atoms with E-state index in [1.165, 1.54) is 9.47 Å². The minimum absolute atomic E-state index is 0.00646. The zero-order valence-corrected chi connectivity index (χ0v) is 27.4. The van der Waals surface area contributed by atoms with Crippen LogP contribution in [0.4, 0.5) is 27.6 Å². The molecular formula is C33H28ClF5N6O6. The molecule has 2 aromatic heterocycles. The van der Waals surface area contributed by atoms with Crippen molar-refractivity contribution in [3.63, 3.8) is 0 Å². The van der Waals surface area contributed by atoms with E-state index in [0.717, 1.165) is 28.3 Å². The summed E-state index contributed by atoms with van der Waals surface area (Å²) >= 11 is 6.09. The number of likely N-dealkylation sites (tertiary alicyclic amines) is 1. The van der Waals surface area contributed by atoms with Crippen LogP contribution in [0.1, 0.15) is 65.3 Å². The Labute approximate surface area is 290 Å². The smallest absolute Gasteiger partial charge is 0.416 e. The summed E-state index contributed by atoms with van der Waals surface area (Å²) in [7, 11) is 0. The Balaban J connectivity index is 1.26. The number of aromatic nitrogens is 4. The molecule has 2 amide bonds. The van der Waals surface area contributed by atoms with Gasteiger partial charge in [-0.3, -0.25) is 14.4 Å². The molecule has 3 aliphatic rings. The van der Waals surface area contributed by atoms with Gasteiger partial charge in [-0.15, -0.1) is 5.10 Å². The molecule has 18 heteroatoms. The highest BCUT2D eigenvalue weighted by molar-refractivity contribution is 6.33. The molecule has 3 aliphatic heterocycles. The highest BCUT2D eigenvalue weighted by Crippen LogP contribution is 2.48. The third kappa shape index (κ3) is 6.02. The number of fused-ring (bicyclic) bond motifs is 3. The molecule has 12 nitrogen and oxygen atoms in total. The maximum Gasteiger partial charge on any atom is 0.416 e. The van der Waals surface area contributed by atoms with Crippen LogP contribution in [0.3, 0.4) is 0 Å². The van der Waals surface area contributed by atoms with Crippen LogP contribution in [-0.2, 0) is 32.6 Å². The Morgan fingerprint density at radius 3 is 2.53 bits per heavy atom. The molecule has 1 fully saturated rings.